The van der Waals surface area contributed by atoms with E-state index in [-0.39, 0.29) is 0 Å². The van der Waals surface area contributed by atoms with E-state index in [0.29, 0.717) is 11.7 Å². The fourth-order valence-electron chi connectivity index (χ4n) is 2.01. The highest BCUT2D eigenvalue weighted by molar-refractivity contribution is 5.85. The topological polar surface area (TPSA) is 33.4 Å². The van der Waals surface area contributed by atoms with Crippen LogP contribution in [0.3, 0.4) is 0 Å². The molecular weight excluding hydrogens is 200 g/mol. The van der Waals surface area contributed by atoms with Gasteiger partial charge in [0.15, 0.2) is 0 Å². The monoisotopic (exact) mass is 218 g/mol. The summed E-state index contributed by atoms with van der Waals surface area (Å²) in [6.45, 7) is 8.09. The lowest BCUT2D eigenvalue weighted by Crippen LogP contribution is -1.88. The van der Waals surface area contributed by atoms with E-state index in [1.807, 2.05) is 13.0 Å². The van der Waals surface area contributed by atoms with Crippen LogP contribution in [0.25, 0.3) is 11.0 Å². The first-order valence-corrected chi connectivity index (χ1v) is 5.71. The zero-order valence-electron chi connectivity index (χ0n) is 10.2. The number of fused-ring (bicyclic) bond motifs is 1. The zero-order valence-corrected chi connectivity index (χ0v) is 10.2. The standard InChI is InChI=1S/C14H18O2/c1-8(2)11-6-5-9(3)14-12(11)7-13(16-14)10(4)15/h5-8,10,15H,1-4H3. The predicted molar refractivity (Wildman–Crippen MR) is 65.7 cm³/mol. The van der Waals surface area contributed by atoms with E-state index in [0.717, 1.165) is 16.5 Å². The number of aliphatic hydroxyl groups is 1. The summed E-state index contributed by atoms with van der Waals surface area (Å²) in [6.07, 6.45) is -0.549. The summed E-state index contributed by atoms with van der Waals surface area (Å²) in [5, 5.41) is 10.7. The average molecular weight is 218 g/mol. The Bertz CT molecular complexity index is 507. The molecule has 1 heterocycles. The second-order valence-corrected chi connectivity index (χ2v) is 4.69. The third kappa shape index (κ3) is 1.74. The van der Waals surface area contributed by atoms with Gasteiger partial charge in [-0.2, -0.15) is 0 Å². The Labute approximate surface area is 95.9 Å². The average Bonchev–Trinajstić information content (AvgIpc) is 2.62. The predicted octanol–water partition coefficient (Wildman–Crippen LogP) is 3.92. The summed E-state index contributed by atoms with van der Waals surface area (Å²) < 4.78 is 5.70. The van der Waals surface area contributed by atoms with Crippen molar-refractivity contribution in [2.45, 2.75) is 39.7 Å². The van der Waals surface area contributed by atoms with Crippen LogP contribution in [0.15, 0.2) is 22.6 Å². The lowest BCUT2D eigenvalue weighted by Gasteiger charge is -2.07. The minimum atomic E-state index is -0.549. The van der Waals surface area contributed by atoms with Crippen molar-refractivity contribution in [3.05, 3.63) is 35.1 Å². The number of rotatable bonds is 2. The molecule has 0 saturated heterocycles. The maximum Gasteiger partial charge on any atom is 0.137 e. The van der Waals surface area contributed by atoms with E-state index in [1.165, 1.54) is 5.56 Å². The molecule has 0 fully saturated rings. The van der Waals surface area contributed by atoms with Gasteiger partial charge in [-0.1, -0.05) is 26.0 Å². The van der Waals surface area contributed by atoms with E-state index >= 15 is 0 Å². The van der Waals surface area contributed by atoms with Crippen molar-refractivity contribution in [2.24, 2.45) is 0 Å². The molecule has 0 aliphatic rings. The van der Waals surface area contributed by atoms with Crippen LogP contribution in [0.4, 0.5) is 0 Å². The molecule has 1 unspecified atom stereocenters. The summed E-state index contributed by atoms with van der Waals surface area (Å²) in [5.74, 6) is 1.11. The summed E-state index contributed by atoms with van der Waals surface area (Å²) in [4.78, 5) is 0. The Hall–Kier alpha value is -1.28. The van der Waals surface area contributed by atoms with Gasteiger partial charge in [0.2, 0.25) is 0 Å². The molecule has 0 aliphatic heterocycles. The van der Waals surface area contributed by atoms with Crippen molar-refractivity contribution < 1.29 is 9.52 Å². The molecule has 1 N–H and O–H groups in total. The van der Waals surface area contributed by atoms with Gasteiger partial charge in [0.25, 0.3) is 0 Å². The van der Waals surface area contributed by atoms with E-state index < -0.39 is 6.10 Å². The smallest absolute Gasteiger partial charge is 0.137 e. The van der Waals surface area contributed by atoms with E-state index in [9.17, 15) is 5.11 Å². The van der Waals surface area contributed by atoms with Crippen molar-refractivity contribution in [3.63, 3.8) is 0 Å². The summed E-state index contributed by atoms with van der Waals surface area (Å²) in [5.41, 5.74) is 3.30. The molecule has 0 saturated carbocycles. The molecule has 1 aromatic carbocycles. The van der Waals surface area contributed by atoms with Gasteiger partial charge in [0.05, 0.1) is 0 Å². The molecule has 0 radical (unpaired) electrons. The minimum absolute atomic E-state index is 0.461. The fraction of sp³-hybridized carbons (Fsp3) is 0.429. The van der Waals surface area contributed by atoms with Crippen molar-refractivity contribution >= 4 is 11.0 Å². The highest BCUT2D eigenvalue weighted by Gasteiger charge is 2.14. The van der Waals surface area contributed by atoms with Crippen LogP contribution in [0.1, 0.15) is 49.7 Å². The molecular formula is C14H18O2. The molecule has 0 aliphatic carbocycles. The van der Waals surface area contributed by atoms with Gasteiger partial charge in [-0.15, -0.1) is 0 Å². The lowest BCUT2D eigenvalue weighted by atomic mass is 9.97. The second-order valence-electron chi connectivity index (χ2n) is 4.69. The van der Waals surface area contributed by atoms with Crippen LogP contribution in [0.2, 0.25) is 0 Å². The number of aliphatic hydroxyl groups excluding tert-OH is 1. The summed E-state index contributed by atoms with van der Waals surface area (Å²) in [7, 11) is 0. The molecule has 1 aromatic heterocycles. The molecule has 86 valence electrons. The largest absolute Gasteiger partial charge is 0.458 e. The van der Waals surface area contributed by atoms with Gasteiger partial charge < -0.3 is 9.52 Å². The van der Waals surface area contributed by atoms with Crippen molar-refractivity contribution in [3.8, 4) is 0 Å². The molecule has 16 heavy (non-hydrogen) atoms. The molecule has 2 heteroatoms. The quantitative estimate of drug-likeness (QED) is 0.828. The Kier molecular flexibility index (Phi) is 2.76. The van der Waals surface area contributed by atoms with Crippen molar-refractivity contribution in [1.29, 1.82) is 0 Å². The SMILES string of the molecule is Cc1ccc(C(C)C)c2cc(C(C)O)oc12. The molecule has 0 bridgehead atoms. The van der Waals surface area contributed by atoms with Gasteiger partial charge in [0.1, 0.15) is 17.4 Å². The Morgan fingerprint density at radius 3 is 2.44 bits per heavy atom. The first kappa shape index (κ1) is 11.2. The summed E-state index contributed by atoms with van der Waals surface area (Å²) >= 11 is 0. The molecule has 2 nitrogen and oxygen atoms in total. The Morgan fingerprint density at radius 2 is 1.88 bits per heavy atom. The fourth-order valence-corrected chi connectivity index (χ4v) is 2.01. The molecule has 2 aromatic rings. The molecule has 1 atom stereocenters. The lowest BCUT2D eigenvalue weighted by molar-refractivity contribution is 0.172. The first-order valence-electron chi connectivity index (χ1n) is 5.71. The van der Waals surface area contributed by atoms with Crippen LogP contribution in [0, 0.1) is 6.92 Å². The highest BCUT2D eigenvalue weighted by atomic mass is 16.4. The number of aryl methyl sites for hydroxylation is 1. The van der Waals surface area contributed by atoms with E-state index in [4.69, 9.17) is 4.42 Å². The molecule has 2 rings (SSSR count). The maximum atomic E-state index is 9.55. The maximum absolute atomic E-state index is 9.55. The zero-order chi connectivity index (χ0) is 11.9. The summed E-state index contributed by atoms with van der Waals surface area (Å²) in [6, 6.07) is 6.18. The van der Waals surface area contributed by atoms with Crippen LogP contribution >= 0.6 is 0 Å². The number of hydrogen-bond donors (Lipinski definition) is 1. The van der Waals surface area contributed by atoms with Gasteiger partial charge >= 0.3 is 0 Å². The number of furan rings is 1. The molecule has 0 spiro atoms. The van der Waals surface area contributed by atoms with Crippen molar-refractivity contribution in [1.82, 2.24) is 0 Å². The van der Waals surface area contributed by atoms with Crippen LogP contribution in [-0.4, -0.2) is 5.11 Å². The van der Waals surface area contributed by atoms with Gasteiger partial charge in [-0.3, -0.25) is 0 Å². The highest BCUT2D eigenvalue weighted by Crippen LogP contribution is 2.32. The Morgan fingerprint density at radius 1 is 1.19 bits per heavy atom. The first-order chi connectivity index (χ1) is 7.50. The minimum Gasteiger partial charge on any atom is -0.458 e. The van der Waals surface area contributed by atoms with E-state index in [1.54, 1.807) is 6.92 Å². The number of hydrogen-bond acceptors (Lipinski definition) is 2. The third-order valence-corrected chi connectivity index (χ3v) is 2.97. The normalized spacial score (nSPS) is 13.6. The second kappa shape index (κ2) is 3.95. The van der Waals surface area contributed by atoms with Crippen molar-refractivity contribution in [2.75, 3.05) is 0 Å². The van der Waals surface area contributed by atoms with E-state index in [2.05, 4.69) is 26.0 Å². The Balaban J connectivity index is 2.72. The van der Waals surface area contributed by atoms with Gasteiger partial charge in [-0.25, -0.2) is 0 Å². The van der Waals surface area contributed by atoms with Crippen LogP contribution in [-0.2, 0) is 0 Å². The van der Waals surface area contributed by atoms with Gasteiger partial charge in [0, 0.05) is 5.39 Å². The third-order valence-electron chi connectivity index (χ3n) is 2.97. The van der Waals surface area contributed by atoms with Crippen LogP contribution < -0.4 is 0 Å². The molecule has 0 amide bonds. The van der Waals surface area contributed by atoms with Crippen LogP contribution in [0.5, 0.6) is 0 Å². The van der Waals surface area contributed by atoms with Gasteiger partial charge in [-0.05, 0) is 37.0 Å². The number of benzene rings is 1.